The molecule has 1 atom stereocenters. The van der Waals surface area contributed by atoms with Crippen LogP contribution in [0.25, 0.3) is 0 Å². The summed E-state index contributed by atoms with van der Waals surface area (Å²) in [5, 5.41) is 9.00. The van der Waals surface area contributed by atoms with Crippen LogP contribution in [-0.2, 0) is 14.8 Å². The van der Waals surface area contributed by atoms with Gasteiger partial charge in [0.25, 0.3) is 10.0 Å². The Bertz CT molecular complexity index is 545. The van der Waals surface area contributed by atoms with Crippen LogP contribution < -0.4 is 4.72 Å². The van der Waals surface area contributed by atoms with Gasteiger partial charge in [-0.3, -0.25) is 4.79 Å². The third-order valence-corrected chi connectivity index (χ3v) is 5.68. The number of aryl methyl sites for hydroxylation is 2. The van der Waals surface area contributed by atoms with E-state index >= 15 is 0 Å². The molecule has 1 rings (SSSR count). The lowest BCUT2D eigenvalue weighted by atomic mass is 10.1. The van der Waals surface area contributed by atoms with Gasteiger partial charge in [0, 0.05) is 4.88 Å². The van der Waals surface area contributed by atoms with Crippen molar-refractivity contribution in [2.45, 2.75) is 37.9 Å². The number of nitrogens with one attached hydrogen (secondary N) is 1. The highest BCUT2D eigenvalue weighted by molar-refractivity contribution is 7.91. The van der Waals surface area contributed by atoms with Crippen LogP contribution >= 0.6 is 11.3 Å². The third-order valence-electron chi connectivity index (χ3n) is 2.45. The normalized spacial score (nSPS) is 13.8. The average molecular weight is 291 g/mol. The summed E-state index contributed by atoms with van der Waals surface area (Å²) >= 11 is 1.14. The number of carboxylic acid groups (broad SMARTS) is 1. The van der Waals surface area contributed by atoms with Gasteiger partial charge >= 0.3 is 5.97 Å². The average Bonchev–Trinajstić information content (AvgIpc) is 2.54. The first-order valence-corrected chi connectivity index (χ1v) is 7.77. The number of thiophene rings is 1. The van der Waals surface area contributed by atoms with E-state index in [0.717, 1.165) is 16.2 Å². The molecule has 0 fully saturated rings. The van der Waals surface area contributed by atoms with Crippen LogP contribution in [0.3, 0.4) is 0 Å². The molecule has 0 aliphatic rings. The molecule has 0 aromatic carbocycles. The summed E-state index contributed by atoms with van der Waals surface area (Å²) in [5.41, 5.74) is 0.637. The summed E-state index contributed by atoms with van der Waals surface area (Å²) in [6, 6.07) is 0.654. The lowest BCUT2D eigenvalue weighted by Gasteiger charge is -2.17. The number of sulfonamides is 1. The van der Waals surface area contributed by atoms with Crippen LogP contribution in [0.1, 0.15) is 24.3 Å². The van der Waals surface area contributed by atoms with E-state index in [4.69, 9.17) is 5.11 Å². The van der Waals surface area contributed by atoms with Crippen LogP contribution in [-0.4, -0.2) is 25.5 Å². The molecule has 1 unspecified atom stereocenters. The zero-order valence-corrected chi connectivity index (χ0v) is 12.4. The van der Waals surface area contributed by atoms with E-state index < -0.39 is 22.0 Å². The van der Waals surface area contributed by atoms with Crippen LogP contribution in [0.4, 0.5) is 0 Å². The van der Waals surface area contributed by atoms with E-state index in [1.807, 2.05) is 6.92 Å². The smallest absolute Gasteiger partial charge is 0.322 e. The molecule has 0 amide bonds. The molecular formula is C11H17NO4S2. The molecule has 0 spiro atoms. The number of hydrogen-bond acceptors (Lipinski definition) is 4. The number of aliphatic carboxylic acids is 1. The Hall–Kier alpha value is -0.920. The fraction of sp³-hybridized carbons (Fsp3) is 0.545. The maximum Gasteiger partial charge on any atom is 0.322 e. The predicted octanol–water partition coefficient (Wildman–Crippen LogP) is 1.75. The Morgan fingerprint density at radius 2 is 1.94 bits per heavy atom. The van der Waals surface area contributed by atoms with Crippen molar-refractivity contribution in [3.05, 3.63) is 16.5 Å². The molecule has 0 bridgehead atoms. The number of carboxylic acids is 1. The van der Waals surface area contributed by atoms with Crippen molar-refractivity contribution in [3.63, 3.8) is 0 Å². The predicted molar refractivity (Wildman–Crippen MR) is 70.4 cm³/mol. The van der Waals surface area contributed by atoms with Crippen molar-refractivity contribution in [2.75, 3.05) is 0 Å². The lowest BCUT2D eigenvalue weighted by Crippen LogP contribution is -2.44. The van der Waals surface area contributed by atoms with Gasteiger partial charge < -0.3 is 5.11 Å². The Labute approximate surface area is 111 Å². The molecule has 0 radical (unpaired) electrons. The molecule has 1 heterocycles. The van der Waals surface area contributed by atoms with Crippen molar-refractivity contribution in [3.8, 4) is 0 Å². The number of rotatable bonds is 5. The Morgan fingerprint density at radius 3 is 2.28 bits per heavy atom. The summed E-state index contributed by atoms with van der Waals surface area (Å²) in [7, 11) is -3.77. The minimum absolute atomic E-state index is 0.187. The summed E-state index contributed by atoms with van der Waals surface area (Å²) in [6.45, 7) is 6.83. The number of carbonyl (C=O) groups is 1. The van der Waals surface area contributed by atoms with Crippen molar-refractivity contribution >= 4 is 27.3 Å². The zero-order chi connectivity index (χ0) is 14.1. The van der Waals surface area contributed by atoms with Gasteiger partial charge in [0.2, 0.25) is 0 Å². The van der Waals surface area contributed by atoms with Gasteiger partial charge in [0.1, 0.15) is 10.3 Å². The summed E-state index contributed by atoms with van der Waals surface area (Å²) < 4.78 is 26.7. The first-order chi connectivity index (χ1) is 8.15. The van der Waals surface area contributed by atoms with Crippen LogP contribution in [0.2, 0.25) is 0 Å². The summed E-state index contributed by atoms with van der Waals surface area (Å²) in [4.78, 5) is 11.9. The standard InChI is InChI=1S/C11H17NO4S2/c1-6(2)9(10(13)14)12-18(15,16)11-7(3)5-8(4)17-11/h5-6,9,12H,1-4H3,(H,13,14). The highest BCUT2D eigenvalue weighted by Crippen LogP contribution is 2.26. The highest BCUT2D eigenvalue weighted by Gasteiger charge is 2.29. The van der Waals surface area contributed by atoms with Gasteiger partial charge in [-0.25, -0.2) is 8.42 Å². The second kappa shape index (κ2) is 5.38. The van der Waals surface area contributed by atoms with Gasteiger partial charge in [-0.15, -0.1) is 11.3 Å². The molecule has 0 aliphatic carbocycles. The molecule has 5 nitrogen and oxygen atoms in total. The largest absolute Gasteiger partial charge is 0.480 e. The molecule has 102 valence electrons. The van der Waals surface area contributed by atoms with Gasteiger partial charge in [-0.1, -0.05) is 13.8 Å². The lowest BCUT2D eigenvalue weighted by molar-refractivity contribution is -0.140. The van der Waals surface area contributed by atoms with E-state index in [2.05, 4.69) is 4.72 Å². The highest BCUT2D eigenvalue weighted by atomic mass is 32.2. The molecule has 2 N–H and O–H groups in total. The van der Waals surface area contributed by atoms with E-state index in [9.17, 15) is 13.2 Å². The molecular weight excluding hydrogens is 274 g/mol. The topological polar surface area (TPSA) is 83.5 Å². The van der Waals surface area contributed by atoms with Gasteiger partial charge in [0.05, 0.1) is 0 Å². The Kier molecular flexibility index (Phi) is 4.52. The molecule has 1 aromatic rings. The molecule has 0 aliphatic heterocycles. The number of hydrogen-bond donors (Lipinski definition) is 2. The fourth-order valence-corrected chi connectivity index (χ4v) is 4.60. The minimum atomic E-state index is -3.77. The van der Waals surface area contributed by atoms with Crippen molar-refractivity contribution in [1.82, 2.24) is 4.72 Å². The van der Waals surface area contributed by atoms with Crippen molar-refractivity contribution in [1.29, 1.82) is 0 Å². The van der Waals surface area contributed by atoms with Gasteiger partial charge in [-0.05, 0) is 31.4 Å². The van der Waals surface area contributed by atoms with E-state index in [1.165, 1.54) is 0 Å². The minimum Gasteiger partial charge on any atom is -0.480 e. The summed E-state index contributed by atoms with van der Waals surface area (Å²) in [5.74, 6) is -1.49. The van der Waals surface area contributed by atoms with Crippen LogP contribution in [0.5, 0.6) is 0 Å². The maximum absolute atomic E-state index is 12.1. The second-order valence-electron chi connectivity index (χ2n) is 4.51. The van der Waals surface area contributed by atoms with E-state index in [-0.39, 0.29) is 10.1 Å². The molecule has 1 aromatic heterocycles. The molecule has 18 heavy (non-hydrogen) atoms. The molecule has 0 saturated carbocycles. The molecule has 7 heteroatoms. The Balaban J connectivity index is 3.08. The molecule has 0 saturated heterocycles. The SMILES string of the molecule is Cc1cc(C)c(S(=O)(=O)NC(C(=O)O)C(C)C)s1. The van der Waals surface area contributed by atoms with Crippen molar-refractivity contribution in [2.24, 2.45) is 5.92 Å². The third kappa shape index (κ3) is 3.30. The van der Waals surface area contributed by atoms with Gasteiger partial charge in [-0.2, -0.15) is 4.72 Å². The van der Waals surface area contributed by atoms with Gasteiger partial charge in [0.15, 0.2) is 0 Å². The monoisotopic (exact) mass is 291 g/mol. The zero-order valence-electron chi connectivity index (χ0n) is 10.7. The van der Waals surface area contributed by atoms with E-state index in [1.54, 1.807) is 26.8 Å². The first kappa shape index (κ1) is 15.1. The maximum atomic E-state index is 12.1. The fourth-order valence-electron chi connectivity index (χ4n) is 1.58. The van der Waals surface area contributed by atoms with Crippen LogP contribution in [0.15, 0.2) is 10.3 Å². The van der Waals surface area contributed by atoms with Crippen LogP contribution in [0, 0.1) is 19.8 Å². The summed E-state index contributed by atoms with van der Waals surface area (Å²) in [6.07, 6.45) is 0. The second-order valence-corrected chi connectivity index (χ2v) is 7.67. The van der Waals surface area contributed by atoms with E-state index in [0.29, 0.717) is 5.56 Å². The quantitative estimate of drug-likeness (QED) is 0.865. The van der Waals surface area contributed by atoms with Crippen molar-refractivity contribution < 1.29 is 18.3 Å². The first-order valence-electron chi connectivity index (χ1n) is 5.47. The Morgan fingerprint density at radius 1 is 1.39 bits per heavy atom.